The Morgan fingerprint density at radius 3 is 2.25 bits per heavy atom. The molecule has 4 nitrogen and oxygen atoms in total. The molecule has 112 valence electrons. The predicted molar refractivity (Wildman–Crippen MR) is 82.4 cm³/mol. The molecule has 20 heavy (non-hydrogen) atoms. The summed E-state index contributed by atoms with van der Waals surface area (Å²) in [5, 5.41) is 0. The van der Waals surface area contributed by atoms with E-state index in [-0.39, 0.29) is 23.6 Å². The molecule has 1 aliphatic heterocycles. The van der Waals surface area contributed by atoms with Gasteiger partial charge in [-0.25, -0.2) is 8.42 Å². The summed E-state index contributed by atoms with van der Waals surface area (Å²) in [7, 11) is -2.85. The van der Waals surface area contributed by atoms with Crippen molar-refractivity contribution in [2.75, 3.05) is 24.6 Å². The summed E-state index contributed by atoms with van der Waals surface area (Å²) in [6.45, 7) is 5.29. The third-order valence-corrected chi connectivity index (χ3v) is 5.68. The fraction of sp³-hybridized carbons (Fsp3) is 0.600. The van der Waals surface area contributed by atoms with Crippen molar-refractivity contribution in [2.24, 2.45) is 5.73 Å². The van der Waals surface area contributed by atoms with Gasteiger partial charge in [-0.2, -0.15) is 0 Å². The van der Waals surface area contributed by atoms with Crippen molar-refractivity contribution in [2.45, 2.75) is 32.4 Å². The zero-order chi connectivity index (χ0) is 14.8. The highest BCUT2D eigenvalue weighted by molar-refractivity contribution is 7.91. The molecule has 2 atom stereocenters. The normalized spacial score (nSPS) is 22.4. The third-order valence-electron chi connectivity index (χ3n) is 4.07. The molecular formula is C15H24N2O2S. The minimum atomic E-state index is -2.85. The summed E-state index contributed by atoms with van der Waals surface area (Å²) < 4.78 is 23.2. The molecule has 0 bridgehead atoms. The Kier molecular flexibility index (Phi) is 4.83. The van der Waals surface area contributed by atoms with Crippen molar-refractivity contribution in [1.82, 2.24) is 4.90 Å². The highest BCUT2D eigenvalue weighted by Crippen LogP contribution is 2.27. The molecule has 0 radical (unpaired) electrons. The fourth-order valence-corrected chi connectivity index (χ4v) is 3.95. The second-order valence-corrected chi connectivity index (χ2v) is 7.92. The van der Waals surface area contributed by atoms with Crippen LogP contribution in [0.2, 0.25) is 0 Å². The Morgan fingerprint density at radius 1 is 1.20 bits per heavy atom. The monoisotopic (exact) mass is 296 g/mol. The van der Waals surface area contributed by atoms with Gasteiger partial charge >= 0.3 is 0 Å². The summed E-state index contributed by atoms with van der Waals surface area (Å²) in [5.74, 6) is 0.484. The molecule has 2 N–H and O–H groups in total. The maximum Gasteiger partial charge on any atom is 0.152 e. The van der Waals surface area contributed by atoms with Crippen LogP contribution in [0.4, 0.5) is 0 Å². The van der Waals surface area contributed by atoms with Crippen molar-refractivity contribution < 1.29 is 8.42 Å². The van der Waals surface area contributed by atoms with Crippen LogP contribution < -0.4 is 5.73 Å². The lowest BCUT2D eigenvalue weighted by Gasteiger charge is -2.37. The maximum absolute atomic E-state index is 11.6. The van der Waals surface area contributed by atoms with Crippen LogP contribution in [0.25, 0.3) is 0 Å². The van der Waals surface area contributed by atoms with Crippen LogP contribution in [0.1, 0.15) is 30.5 Å². The van der Waals surface area contributed by atoms with Crippen LogP contribution >= 0.6 is 0 Å². The minimum Gasteiger partial charge on any atom is -0.326 e. The number of aryl methyl sites for hydroxylation is 1. The largest absolute Gasteiger partial charge is 0.326 e. The maximum atomic E-state index is 11.6. The standard InChI is InChI=1S/C15H24N2O2S/c1-3-14(16)15(13-6-4-12(2)5-7-13)17-8-10-20(18,19)11-9-17/h4-7,14-15H,3,8-11,16H2,1-2H3. The molecule has 0 amide bonds. The lowest BCUT2D eigenvalue weighted by molar-refractivity contribution is 0.183. The average Bonchev–Trinajstić information content (AvgIpc) is 2.42. The van der Waals surface area contributed by atoms with E-state index in [2.05, 4.69) is 43.0 Å². The summed E-state index contributed by atoms with van der Waals surface area (Å²) in [6, 6.07) is 8.53. The number of benzene rings is 1. The zero-order valence-corrected chi connectivity index (χ0v) is 13.1. The van der Waals surface area contributed by atoms with E-state index in [4.69, 9.17) is 5.73 Å². The lowest BCUT2D eigenvalue weighted by atomic mass is 9.95. The van der Waals surface area contributed by atoms with Gasteiger partial charge in [-0.15, -0.1) is 0 Å². The first-order chi connectivity index (χ1) is 9.43. The van der Waals surface area contributed by atoms with Gasteiger partial charge < -0.3 is 5.73 Å². The van der Waals surface area contributed by atoms with Crippen LogP contribution in [0.15, 0.2) is 24.3 Å². The molecule has 1 fully saturated rings. The molecular weight excluding hydrogens is 272 g/mol. The first-order valence-corrected chi connectivity index (χ1v) is 9.01. The van der Waals surface area contributed by atoms with Gasteiger partial charge in [0.25, 0.3) is 0 Å². The molecule has 1 aliphatic rings. The van der Waals surface area contributed by atoms with Crippen molar-refractivity contribution in [3.05, 3.63) is 35.4 Å². The topological polar surface area (TPSA) is 63.4 Å². The van der Waals surface area contributed by atoms with E-state index in [0.717, 1.165) is 6.42 Å². The molecule has 2 unspecified atom stereocenters. The SMILES string of the molecule is CCC(N)C(c1ccc(C)cc1)N1CCS(=O)(=O)CC1. The van der Waals surface area contributed by atoms with Gasteiger partial charge in [-0.1, -0.05) is 36.8 Å². The first kappa shape index (κ1) is 15.5. The van der Waals surface area contributed by atoms with Gasteiger partial charge in [-0.3, -0.25) is 4.90 Å². The zero-order valence-electron chi connectivity index (χ0n) is 12.2. The first-order valence-electron chi connectivity index (χ1n) is 7.19. The number of hydrogen-bond acceptors (Lipinski definition) is 4. The molecule has 5 heteroatoms. The van der Waals surface area contributed by atoms with Crippen molar-refractivity contribution in [3.63, 3.8) is 0 Å². The van der Waals surface area contributed by atoms with Gasteiger partial charge in [-0.05, 0) is 18.9 Å². The number of hydrogen-bond donors (Lipinski definition) is 1. The highest BCUT2D eigenvalue weighted by Gasteiger charge is 2.30. The Hall–Kier alpha value is -0.910. The fourth-order valence-electron chi connectivity index (χ4n) is 2.72. The lowest BCUT2D eigenvalue weighted by Crippen LogP contribution is -2.48. The Balaban J connectivity index is 2.22. The van der Waals surface area contributed by atoms with E-state index in [1.807, 2.05) is 0 Å². The summed E-state index contributed by atoms with van der Waals surface area (Å²) in [5.41, 5.74) is 8.70. The molecule has 1 aromatic carbocycles. The molecule has 0 aliphatic carbocycles. The number of nitrogens with two attached hydrogens (primary N) is 1. The van der Waals surface area contributed by atoms with Crippen LogP contribution in [0, 0.1) is 6.92 Å². The molecule has 0 saturated carbocycles. The highest BCUT2D eigenvalue weighted by atomic mass is 32.2. The summed E-state index contributed by atoms with van der Waals surface area (Å²) >= 11 is 0. The van der Waals surface area contributed by atoms with Gasteiger partial charge in [0.1, 0.15) is 0 Å². The molecule has 1 saturated heterocycles. The second kappa shape index (κ2) is 6.24. The number of nitrogens with zero attached hydrogens (tertiary/aromatic N) is 1. The third kappa shape index (κ3) is 3.59. The smallest absolute Gasteiger partial charge is 0.152 e. The van der Waals surface area contributed by atoms with Crippen molar-refractivity contribution in [1.29, 1.82) is 0 Å². The van der Waals surface area contributed by atoms with Crippen LogP contribution in [0.5, 0.6) is 0 Å². The molecule has 0 aromatic heterocycles. The molecule has 1 heterocycles. The van der Waals surface area contributed by atoms with E-state index in [0.29, 0.717) is 13.1 Å². The number of rotatable bonds is 4. The van der Waals surface area contributed by atoms with Crippen molar-refractivity contribution in [3.8, 4) is 0 Å². The van der Waals surface area contributed by atoms with Crippen LogP contribution in [0.3, 0.4) is 0 Å². The van der Waals surface area contributed by atoms with Gasteiger partial charge in [0.2, 0.25) is 0 Å². The van der Waals surface area contributed by atoms with Gasteiger partial charge in [0.05, 0.1) is 11.5 Å². The van der Waals surface area contributed by atoms with E-state index < -0.39 is 9.84 Å². The van der Waals surface area contributed by atoms with E-state index in [9.17, 15) is 8.42 Å². The quantitative estimate of drug-likeness (QED) is 0.914. The van der Waals surface area contributed by atoms with Crippen molar-refractivity contribution >= 4 is 9.84 Å². The predicted octanol–water partition coefficient (Wildman–Crippen LogP) is 1.50. The summed E-state index contributed by atoms with van der Waals surface area (Å²) in [6.07, 6.45) is 0.877. The number of sulfone groups is 1. The van der Waals surface area contributed by atoms with E-state index >= 15 is 0 Å². The molecule has 0 spiro atoms. The van der Waals surface area contributed by atoms with Crippen LogP contribution in [-0.4, -0.2) is 44.0 Å². The van der Waals surface area contributed by atoms with Gasteiger partial charge in [0.15, 0.2) is 9.84 Å². The minimum absolute atomic E-state index is 0.0264. The average molecular weight is 296 g/mol. The molecule has 1 aromatic rings. The Bertz CT molecular complexity index is 525. The summed E-state index contributed by atoms with van der Waals surface area (Å²) in [4.78, 5) is 2.22. The molecule has 2 rings (SSSR count). The van der Waals surface area contributed by atoms with Crippen LogP contribution in [-0.2, 0) is 9.84 Å². The Morgan fingerprint density at radius 2 is 1.75 bits per heavy atom. The Labute approximate surface area is 121 Å². The van der Waals surface area contributed by atoms with E-state index in [1.165, 1.54) is 11.1 Å². The van der Waals surface area contributed by atoms with E-state index in [1.54, 1.807) is 0 Å². The van der Waals surface area contributed by atoms with Gasteiger partial charge in [0, 0.05) is 25.2 Å². The second-order valence-electron chi connectivity index (χ2n) is 5.62.